The lowest BCUT2D eigenvalue weighted by molar-refractivity contribution is -0.137. The van der Waals surface area contributed by atoms with Gasteiger partial charge in [0.2, 0.25) is 0 Å². The molecule has 0 bridgehead atoms. The van der Waals surface area contributed by atoms with E-state index in [1.54, 1.807) is 0 Å². The van der Waals surface area contributed by atoms with E-state index < -0.39 is 0 Å². The Bertz CT molecular complexity index is 732. The third-order valence-electron chi connectivity index (χ3n) is 5.21. The van der Waals surface area contributed by atoms with Crippen molar-refractivity contribution in [1.82, 2.24) is 0 Å². The van der Waals surface area contributed by atoms with E-state index in [0.717, 1.165) is 31.6 Å². The van der Waals surface area contributed by atoms with Crippen LogP contribution >= 0.6 is 0 Å². The number of unbranched alkanes of at least 4 members (excludes halogenated alkanes) is 8. The van der Waals surface area contributed by atoms with E-state index in [-0.39, 0.29) is 5.97 Å². The second-order valence-electron chi connectivity index (χ2n) is 7.79. The van der Waals surface area contributed by atoms with Gasteiger partial charge in [0.1, 0.15) is 5.75 Å². The van der Waals surface area contributed by atoms with Crippen LogP contribution in [0, 0.1) is 6.92 Å². The maximum Gasteiger partial charge on any atom is 0.330 e. The van der Waals surface area contributed by atoms with Gasteiger partial charge in [-0.05, 0) is 43.0 Å². The van der Waals surface area contributed by atoms with Crippen LogP contribution in [0.4, 0.5) is 0 Å². The maximum atomic E-state index is 10.9. The summed E-state index contributed by atoms with van der Waals surface area (Å²) in [6.45, 7) is 6.79. The topological polar surface area (TPSA) is 35.5 Å². The highest BCUT2D eigenvalue weighted by molar-refractivity contribution is 5.81. The average Bonchev–Trinajstić information content (AvgIpc) is 2.77. The lowest BCUT2D eigenvalue weighted by Gasteiger charge is -2.08. The van der Waals surface area contributed by atoms with E-state index >= 15 is 0 Å². The summed E-state index contributed by atoms with van der Waals surface area (Å²) in [5, 5.41) is 0. The monoisotopic (exact) mass is 408 g/mol. The van der Waals surface area contributed by atoms with Crippen LogP contribution < -0.4 is 4.74 Å². The number of hydrogen-bond donors (Lipinski definition) is 0. The Hall–Kier alpha value is -2.55. The molecular formula is C27H36O3. The van der Waals surface area contributed by atoms with Gasteiger partial charge in [0.05, 0.1) is 13.2 Å². The van der Waals surface area contributed by atoms with Gasteiger partial charge in [0.15, 0.2) is 0 Å². The number of esters is 1. The van der Waals surface area contributed by atoms with Crippen molar-refractivity contribution in [3.63, 3.8) is 0 Å². The molecule has 30 heavy (non-hydrogen) atoms. The van der Waals surface area contributed by atoms with Crippen LogP contribution in [0.5, 0.6) is 5.75 Å². The fourth-order valence-corrected chi connectivity index (χ4v) is 3.35. The Morgan fingerprint density at radius 3 is 1.73 bits per heavy atom. The van der Waals surface area contributed by atoms with Crippen molar-refractivity contribution in [2.45, 2.75) is 64.7 Å². The SMILES string of the molecule is C=CC(=O)OCCCCCCCCCCCOc1ccc(-c2ccc(C)cc2)cc1. The molecule has 0 aliphatic heterocycles. The maximum absolute atomic E-state index is 10.9. The van der Waals surface area contributed by atoms with Crippen molar-refractivity contribution < 1.29 is 14.3 Å². The Balaban J connectivity index is 1.44. The molecule has 0 unspecified atom stereocenters. The highest BCUT2D eigenvalue weighted by Gasteiger charge is 2.00. The molecule has 2 aromatic carbocycles. The normalized spacial score (nSPS) is 10.6. The summed E-state index contributed by atoms with van der Waals surface area (Å²) in [7, 11) is 0. The third-order valence-corrected chi connectivity index (χ3v) is 5.21. The molecule has 0 radical (unpaired) electrons. The van der Waals surface area contributed by atoms with Gasteiger partial charge in [0, 0.05) is 6.08 Å². The van der Waals surface area contributed by atoms with Gasteiger partial charge >= 0.3 is 5.97 Å². The van der Waals surface area contributed by atoms with Crippen molar-refractivity contribution in [2.24, 2.45) is 0 Å². The van der Waals surface area contributed by atoms with Gasteiger partial charge in [-0.1, -0.05) is 93.5 Å². The predicted molar refractivity (Wildman–Crippen MR) is 125 cm³/mol. The van der Waals surface area contributed by atoms with E-state index in [1.165, 1.54) is 61.3 Å². The smallest absolute Gasteiger partial charge is 0.330 e. The third kappa shape index (κ3) is 9.78. The average molecular weight is 409 g/mol. The molecule has 0 aliphatic carbocycles. The molecule has 0 fully saturated rings. The minimum absolute atomic E-state index is 0.321. The minimum atomic E-state index is -0.321. The van der Waals surface area contributed by atoms with Crippen LogP contribution in [0.3, 0.4) is 0 Å². The predicted octanol–water partition coefficient (Wildman–Crippen LogP) is 7.28. The first kappa shape index (κ1) is 23.7. The highest BCUT2D eigenvalue weighted by Crippen LogP contribution is 2.23. The van der Waals surface area contributed by atoms with Gasteiger partial charge in [-0.3, -0.25) is 0 Å². The molecule has 3 heteroatoms. The van der Waals surface area contributed by atoms with E-state index in [9.17, 15) is 4.79 Å². The van der Waals surface area contributed by atoms with Crippen molar-refractivity contribution in [1.29, 1.82) is 0 Å². The summed E-state index contributed by atoms with van der Waals surface area (Å²) < 4.78 is 10.8. The fraction of sp³-hybridized carbons (Fsp3) is 0.444. The minimum Gasteiger partial charge on any atom is -0.494 e. The Morgan fingerprint density at radius 2 is 1.20 bits per heavy atom. The summed E-state index contributed by atoms with van der Waals surface area (Å²) in [5.74, 6) is 0.628. The molecule has 0 saturated carbocycles. The molecule has 2 aromatic rings. The zero-order chi connectivity index (χ0) is 21.4. The Morgan fingerprint density at radius 1 is 0.733 bits per heavy atom. The molecule has 0 aromatic heterocycles. The molecule has 162 valence electrons. The molecule has 0 spiro atoms. The summed E-state index contributed by atoms with van der Waals surface area (Å²) in [5.41, 5.74) is 3.74. The second-order valence-corrected chi connectivity index (χ2v) is 7.79. The molecular weight excluding hydrogens is 372 g/mol. The van der Waals surface area contributed by atoms with Crippen molar-refractivity contribution in [2.75, 3.05) is 13.2 Å². The van der Waals surface area contributed by atoms with Crippen LogP contribution in [0.2, 0.25) is 0 Å². The van der Waals surface area contributed by atoms with Crippen LogP contribution in [0.15, 0.2) is 61.2 Å². The molecule has 3 nitrogen and oxygen atoms in total. The molecule has 2 rings (SSSR count). The van der Waals surface area contributed by atoms with E-state index in [4.69, 9.17) is 9.47 Å². The molecule has 0 saturated heterocycles. The number of carbonyl (C=O) groups excluding carboxylic acids is 1. The number of aryl methyl sites for hydroxylation is 1. The van der Waals surface area contributed by atoms with E-state index in [2.05, 4.69) is 62.0 Å². The number of ether oxygens (including phenoxy) is 2. The highest BCUT2D eigenvalue weighted by atomic mass is 16.5. The standard InChI is InChI=1S/C27H36O3/c1-3-27(28)30-22-12-10-8-6-4-5-7-9-11-21-29-26-19-17-25(18-20-26)24-15-13-23(2)14-16-24/h3,13-20H,1,4-12,21-22H2,2H3. The van der Waals surface area contributed by atoms with Gasteiger partial charge < -0.3 is 9.47 Å². The fourth-order valence-electron chi connectivity index (χ4n) is 3.35. The van der Waals surface area contributed by atoms with Gasteiger partial charge in [-0.25, -0.2) is 4.79 Å². The number of hydrogen-bond acceptors (Lipinski definition) is 3. The summed E-state index contributed by atoms with van der Waals surface area (Å²) in [6.07, 6.45) is 11.9. The van der Waals surface area contributed by atoms with Gasteiger partial charge in [-0.15, -0.1) is 0 Å². The number of carbonyl (C=O) groups is 1. The van der Waals surface area contributed by atoms with Crippen LogP contribution in [0.1, 0.15) is 63.4 Å². The van der Waals surface area contributed by atoms with Gasteiger partial charge in [0.25, 0.3) is 0 Å². The van der Waals surface area contributed by atoms with Crippen molar-refractivity contribution in [3.8, 4) is 16.9 Å². The molecule has 0 amide bonds. The Kier molecular flexibility index (Phi) is 11.4. The summed E-state index contributed by atoms with van der Waals surface area (Å²) in [4.78, 5) is 10.9. The zero-order valence-electron chi connectivity index (χ0n) is 18.4. The molecule has 0 N–H and O–H groups in total. The lowest BCUT2D eigenvalue weighted by Crippen LogP contribution is -2.01. The van der Waals surface area contributed by atoms with Crippen LogP contribution in [-0.4, -0.2) is 19.2 Å². The van der Waals surface area contributed by atoms with Crippen molar-refractivity contribution >= 4 is 5.97 Å². The van der Waals surface area contributed by atoms with Crippen LogP contribution in [-0.2, 0) is 9.53 Å². The molecule has 0 aliphatic rings. The largest absolute Gasteiger partial charge is 0.494 e. The van der Waals surface area contributed by atoms with Gasteiger partial charge in [-0.2, -0.15) is 0 Å². The number of benzene rings is 2. The first-order chi connectivity index (χ1) is 14.7. The number of rotatable bonds is 15. The summed E-state index contributed by atoms with van der Waals surface area (Å²) in [6, 6.07) is 17.0. The van der Waals surface area contributed by atoms with E-state index in [0.29, 0.717) is 6.61 Å². The van der Waals surface area contributed by atoms with E-state index in [1.807, 2.05) is 0 Å². The first-order valence-electron chi connectivity index (χ1n) is 11.3. The zero-order valence-corrected chi connectivity index (χ0v) is 18.4. The quantitative estimate of drug-likeness (QED) is 0.176. The second kappa shape index (κ2) is 14.4. The van der Waals surface area contributed by atoms with Crippen molar-refractivity contribution in [3.05, 3.63) is 66.7 Å². The lowest BCUT2D eigenvalue weighted by atomic mass is 10.0. The van der Waals surface area contributed by atoms with Crippen LogP contribution in [0.25, 0.3) is 11.1 Å². The Labute approximate surface area is 182 Å². The summed E-state index contributed by atoms with van der Waals surface area (Å²) >= 11 is 0. The first-order valence-corrected chi connectivity index (χ1v) is 11.3. The molecule has 0 heterocycles. The molecule has 0 atom stereocenters.